The van der Waals surface area contributed by atoms with Crippen LogP contribution in [-0.4, -0.2) is 36.3 Å². The Morgan fingerprint density at radius 2 is 2.00 bits per heavy atom. The molecule has 1 rings (SSSR count). The number of non-ortho nitro benzene ring substituents is 1. The smallest absolute Gasteiger partial charge is 0.269 e. The number of nitro benzene ring substituents is 1. The number of aliphatic hydroxyl groups excluding tert-OH is 1. The summed E-state index contributed by atoms with van der Waals surface area (Å²) < 4.78 is 5.46. The quantitative estimate of drug-likeness (QED) is 0.393. The molecular weight excluding hydrogens is 272 g/mol. The summed E-state index contributed by atoms with van der Waals surface area (Å²) >= 11 is 0. The predicted octanol–water partition coefficient (Wildman–Crippen LogP) is 2.28. The van der Waals surface area contributed by atoms with Crippen molar-refractivity contribution >= 4 is 5.69 Å². The van der Waals surface area contributed by atoms with Gasteiger partial charge in [-0.3, -0.25) is 10.1 Å². The van der Waals surface area contributed by atoms with E-state index in [4.69, 9.17) is 4.74 Å². The number of ether oxygens (including phenoxy) is 1. The standard InChI is InChI=1S/C15H24N2O4/c1-12(2)11-21-9-3-8-16-10-15(18)13-4-6-14(7-5-13)17(19)20/h4-7,12,15-16,18H,3,8-11H2,1-2H3. The van der Waals surface area contributed by atoms with Crippen LogP contribution in [0.1, 0.15) is 31.9 Å². The van der Waals surface area contributed by atoms with E-state index in [9.17, 15) is 15.2 Å². The lowest BCUT2D eigenvalue weighted by Crippen LogP contribution is -2.23. The highest BCUT2D eigenvalue weighted by Crippen LogP contribution is 2.17. The molecule has 0 amide bonds. The van der Waals surface area contributed by atoms with Crippen molar-refractivity contribution in [2.24, 2.45) is 5.92 Å². The Balaban J connectivity index is 2.18. The highest BCUT2D eigenvalue weighted by Gasteiger charge is 2.09. The second kappa shape index (κ2) is 9.44. The van der Waals surface area contributed by atoms with E-state index < -0.39 is 11.0 Å². The van der Waals surface area contributed by atoms with Gasteiger partial charge in [-0.15, -0.1) is 0 Å². The molecule has 0 radical (unpaired) electrons. The number of rotatable bonds is 10. The molecule has 21 heavy (non-hydrogen) atoms. The number of hydrogen-bond acceptors (Lipinski definition) is 5. The van der Waals surface area contributed by atoms with E-state index >= 15 is 0 Å². The van der Waals surface area contributed by atoms with E-state index in [2.05, 4.69) is 19.2 Å². The van der Waals surface area contributed by atoms with E-state index in [1.54, 1.807) is 12.1 Å². The lowest BCUT2D eigenvalue weighted by Gasteiger charge is -2.12. The second-order valence-electron chi connectivity index (χ2n) is 5.39. The van der Waals surface area contributed by atoms with Gasteiger partial charge in [0, 0.05) is 31.9 Å². The van der Waals surface area contributed by atoms with Gasteiger partial charge in [-0.25, -0.2) is 0 Å². The molecule has 0 spiro atoms. The summed E-state index contributed by atoms with van der Waals surface area (Å²) in [5.74, 6) is 0.543. The van der Waals surface area contributed by atoms with Gasteiger partial charge in [0.15, 0.2) is 0 Å². The first kappa shape index (κ1) is 17.6. The van der Waals surface area contributed by atoms with Crippen molar-refractivity contribution in [3.63, 3.8) is 0 Å². The van der Waals surface area contributed by atoms with Crippen molar-refractivity contribution in [3.05, 3.63) is 39.9 Å². The molecule has 0 saturated heterocycles. The molecule has 0 aromatic heterocycles. The topological polar surface area (TPSA) is 84.6 Å². The number of nitrogens with zero attached hydrogens (tertiary/aromatic N) is 1. The lowest BCUT2D eigenvalue weighted by molar-refractivity contribution is -0.384. The van der Waals surface area contributed by atoms with Crippen LogP contribution in [0.3, 0.4) is 0 Å². The third-order valence-electron chi connectivity index (χ3n) is 2.92. The zero-order chi connectivity index (χ0) is 15.7. The summed E-state index contributed by atoms with van der Waals surface area (Å²) in [6, 6.07) is 5.96. The molecule has 0 heterocycles. The first-order valence-electron chi connectivity index (χ1n) is 7.21. The number of benzene rings is 1. The Morgan fingerprint density at radius 1 is 1.33 bits per heavy atom. The van der Waals surface area contributed by atoms with Crippen LogP contribution < -0.4 is 5.32 Å². The van der Waals surface area contributed by atoms with Crippen LogP contribution in [0.4, 0.5) is 5.69 Å². The molecule has 118 valence electrons. The van der Waals surface area contributed by atoms with Crippen LogP contribution in [0.2, 0.25) is 0 Å². The molecular formula is C15H24N2O4. The van der Waals surface area contributed by atoms with Crippen LogP contribution >= 0.6 is 0 Å². The Labute approximate surface area is 125 Å². The Morgan fingerprint density at radius 3 is 2.57 bits per heavy atom. The van der Waals surface area contributed by atoms with Crippen molar-refractivity contribution in [1.29, 1.82) is 0 Å². The number of aliphatic hydroxyl groups is 1. The molecule has 1 unspecified atom stereocenters. The molecule has 0 fully saturated rings. The lowest BCUT2D eigenvalue weighted by atomic mass is 10.1. The van der Waals surface area contributed by atoms with Crippen molar-refractivity contribution in [2.75, 3.05) is 26.3 Å². The largest absolute Gasteiger partial charge is 0.387 e. The van der Waals surface area contributed by atoms with E-state index in [0.29, 0.717) is 24.6 Å². The van der Waals surface area contributed by atoms with E-state index in [0.717, 1.165) is 19.6 Å². The molecule has 6 nitrogen and oxygen atoms in total. The average Bonchev–Trinajstić information content (AvgIpc) is 2.45. The van der Waals surface area contributed by atoms with Crippen molar-refractivity contribution in [3.8, 4) is 0 Å². The Kier molecular flexibility index (Phi) is 7.89. The molecule has 2 N–H and O–H groups in total. The Hall–Kier alpha value is -1.50. The summed E-state index contributed by atoms with van der Waals surface area (Å²) in [5, 5.41) is 23.6. The number of nitrogens with one attached hydrogen (secondary N) is 1. The molecule has 0 saturated carbocycles. The molecule has 0 aliphatic heterocycles. The molecule has 1 atom stereocenters. The molecule has 0 bridgehead atoms. The monoisotopic (exact) mass is 296 g/mol. The van der Waals surface area contributed by atoms with Gasteiger partial charge >= 0.3 is 0 Å². The second-order valence-corrected chi connectivity index (χ2v) is 5.39. The highest BCUT2D eigenvalue weighted by atomic mass is 16.6. The maximum atomic E-state index is 10.5. The first-order chi connectivity index (χ1) is 10.0. The fourth-order valence-corrected chi connectivity index (χ4v) is 1.79. The third-order valence-corrected chi connectivity index (χ3v) is 2.92. The molecule has 1 aromatic rings. The normalized spacial score (nSPS) is 12.6. The zero-order valence-corrected chi connectivity index (χ0v) is 12.6. The summed E-state index contributed by atoms with van der Waals surface area (Å²) in [6.45, 7) is 6.88. The fourth-order valence-electron chi connectivity index (χ4n) is 1.79. The van der Waals surface area contributed by atoms with Crippen molar-refractivity contribution < 1.29 is 14.8 Å². The van der Waals surface area contributed by atoms with Gasteiger partial charge in [0.25, 0.3) is 5.69 Å². The highest BCUT2D eigenvalue weighted by molar-refractivity contribution is 5.33. The maximum Gasteiger partial charge on any atom is 0.269 e. The molecule has 0 aliphatic rings. The van der Waals surface area contributed by atoms with Gasteiger partial charge in [0.05, 0.1) is 11.0 Å². The first-order valence-corrected chi connectivity index (χ1v) is 7.21. The van der Waals surface area contributed by atoms with Gasteiger partial charge in [0.2, 0.25) is 0 Å². The van der Waals surface area contributed by atoms with Crippen LogP contribution in [0, 0.1) is 16.0 Å². The van der Waals surface area contributed by atoms with Crippen LogP contribution in [0.5, 0.6) is 0 Å². The predicted molar refractivity (Wildman–Crippen MR) is 81.2 cm³/mol. The molecule has 6 heteroatoms. The maximum absolute atomic E-state index is 10.5. The van der Waals surface area contributed by atoms with Crippen LogP contribution in [0.15, 0.2) is 24.3 Å². The minimum atomic E-state index is -0.664. The van der Waals surface area contributed by atoms with E-state index in [-0.39, 0.29) is 5.69 Å². The van der Waals surface area contributed by atoms with E-state index in [1.807, 2.05) is 0 Å². The van der Waals surface area contributed by atoms with Gasteiger partial charge in [0.1, 0.15) is 0 Å². The zero-order valence-electron chi connectivity index (χ0n) is 12.6. The fraction of sp³-hybridized carbons (Fsp3) is 0.600. The summed E-state index contributed by atoms with van der Waals surface area (Å²) in [4.78, 5) is 10.1. The summed E-state index contributed by atoms with van der Waals surface area (Å²) in [5.41, 5.74) is 0.699. The number of hydrogen-bond donors (Lipinski definition) is 2. The van der Waals surface area contributed by atoms with Crippen LogP contribution in [-0.2, 0) is 4.74 Å². The minimum Gasteiger partial charge on any atom is -0.387 e. The minimum absolute atomic E-state index is 0.0289. The average molecular weight is 296 g/mol. The molecule has 0 aliphatic carbocycles. The SMILES string of the molecule is CC(C)COCCCNCC(O)c1ccc([N+](=O)[O-])cc1. The van der Waals surface area contributed by atoms with Gasteiger partial charge in [-0.2, -0.15) is 0 Å². The number of nitro groups is 1. The Bertz CT molecular complexity index is 420. The molecule has 1 aromatic carbocycles. The van der Waals surface area contributed by atoms with Crippen molar-refractivity contribution in [1.82, 2.24) is 5.32 Å². The van der Waals surface area contributed by atoms with E-state index in [1.165, 1.54) is 12.1 Å². The van der Waals surface area contributed by atoms with Crippen molar-refractivity contribution in [2.45, 2.75) is 26.4 Å². The summed E-state index contributed by atoms with van der Waals surface area (Å²) in [6.07, 6.45) is 0.224. The van der Waals surface area contributed by atoms with Crippen LogP contribution in [0.25, 0.3) is 0 Å². The van der Waals surface area contributed by atoms with Gasteiger partial charge < -0.3 is 15.2 Å². The third kappa shape index (κ3) is 7.17. The van der Waals surface area contributed by atoms with Gasteiger partial charge in [-0.1, -0.05) is 13.8 Å². The summed E-state index contributed by atoms with van der Waals surface area (Å²) in [7, 11) is 0. The van der Waals surface area contributed by atoms with Gasteiger partial charge in [-0.05, 0) is 36.6 Å².